The number of rotatable bonds is 25. The molecule has 6 nitrogen and oxygen atoms in total. The number of carbonyl (C=O) groups is 1. The molecular formula is C24H48O6. The van der Waals surface area contributed by atoms with Crippen molar-refractivity contribution >= 4 is 5.97 Å². The predicted octanol–water partition coefficient (Wildman–Crippen LogP) is 5.32. The Balaban J connectivity index is 3.12. The predicted molar refractivity (Wildman–Crippen MR) is 121 cm³/mol. The van der Waals surface area contributed by atoms with Crippen molar-refractivity contribution in [3.63, 3.8) is 0 Å². The van der Waals surface area contributed by atoms with Gasteiger partial charge in [0.1, 0.15) is 6.61 Å². The molecule has 0 radical (unpaired) electrons. The number of ether oxygens (including phenoxy) is 5. The van der Waals surface area contributed by atoms with E-state index in [2.05, 4.69) is 13.8 Å². The summed E-state index contributed by atoms with van der Waals surface area (Å²) in [6.07, 6.45) is 14.0. The second-order valence-corrected chi connectivity index (χ2v) is 7.60. The molecule has 0 amide bonds. The minimum absolute atomic E-state index is 0.117. The van der Waals surface area contributed by atoms with E-state index in [9.17, 15) is 4.79 Å². The van der Waals surface area contributed by atoms with Crippen LogP contribution in [0.4, 0.5) is 0 Å². The lowest BCUT2D eigenvalue weighted by Gasteiger charge is -2.08. The SMILES string of the molecule is CCCCCCCCCCCC(=O)OCCOCCOCCOCCOCCCC. The summed E-state index contributed by atoms with van der Waals surface area (Å²) >= 11 is 0. The van der Waals surface area contributed by atoms with Gasteiger partial charge in [0.25, 0.3) is 0 Å². The summed E-state index contributed by atoms with van der Waals surface area (Å²) in [5.41, 5.74) is 0. The lowest BCUT2D eigenvalue weighted by Crippen LogP contribution is -2.14. The van der Waals surface area contributed by atoms with E-state index in [1.165, 1.54) is 44.9 Å². The zero-order valence-electron chi connectivity index (χ0n) is 19.8. The third-order valence-corrected chi connectivity index (χ3v) is 4.73. The van der Waals surface area contributed by atoms with E-state index >= 15 is 0 Å². The summed E-state index contributed by atoms with van der Waals surface area (Å²) in [6.45, 7) is 9.30. The largest absolute Gasteiger partial charge is 0.463 e. The lowest BCUT2D eigenvalue weighted by molar-refractivity contribution is -0.145. The Morgan fingerprint density at radius 1 is 0.467 bits per heavy atom. The minimum atomic E-state index is -0.117. The zero-order chi connectivity index (χ0) is 22.0. The van der Waals surface area contributed by atoms with Gasteiger partial charge in [-0.3, -0.25) is 4.79 Å². The Bertz CT molecular complexity index is 338. The van der Waals surface area contributed by atoms with Crippen molar-refractivity contribution in [1.29, 1.82) is 0 Å². The third-order valence-electron chi connectivity index (χ3n) is 4.73. The van der Waals surface area contributed by atoms with E-state index in [1.807, 2.05) is 0 Å². The van der Waals surface area contributed by atoms with Crippen LogP contribution in [0.2, 0.25) is 0 Å². The molecule has 0 saturated carbocycles. The van der Waals surface area contributed by atoms with Crippen LogP contribution in [-0.2, 0) is 28.5 Å². The van der Waals surface area contributed by atoms with Crippen LogP contribution in [0.5, 0.6) is 0 Å². The number of unbranched alkanes of at least 4 members (excludes halogenated alkanes) is 9. The first-order valence-electron chi connectivity index (χ1n) is 12.3. The summed E-state index contributed by atoms with van der Waals surface area (Å²) in [6, 6.07) is 0. The fraction of sp³-hybridized carbons (Fsp3) is 0.958. The quantitative estimate of drug-likeness (QED) is 0.144. The highest BCUT2D eigenvalue weighted by molar-refractivity contribution is 5.69. The Morgan fingerprint density at radius 3 is 1.37 bits per heavy atom. The maximum atomic E-state index is 11.7. The second-order valence-electron chi connectivity index (χ2n) is 7.60. The van der Waals surface area contributed by atoms with E-state index in [-0.39, 0.29) is 5.97 Å². The van der Waals surface area contributed by atoms with Gasteiger partial charge in [-0.25, -0.2) is 0 Å². The molecule has 0 atom stereocenters. The van der Waals surface area contributed by atoms with Gasteiger partial charge in [-0.1, -0.05) is 71.6 Å². The Labute approximate surface area is 185 Å². The standard InChI is InChI=1S/C24H48O6/c1-3-5-7-8-9-10-11-12-13-14-24(25)30-23-22-29-21-20-28-19-18-27-17-16-26-15-6-4-2/h3-23H2,1-2H3. The maximum absolute atomic E-state index is 11.7. The molecular weight excluding hydrogens is 384 g/mol. The minimum Gasteiger partial charge on any atom is -0.463 e. The van der Waals surface area contributed by atoms with Gasteiger partial charge in [-0.2, -0.15) is 0 Å². The first-order chi connectivity index (χ1) is 14.8. The highest BCUT2D eigenvalue weighted by Crippen LogP contribution is 2.10. The monoisotopic (exact) mass is 432 g/mol. The lowest BCUT2D eigenvalue weighted by atomic mass is 10.1. The van der Waals surface area contributed by atoms with Crippen molar-refractivity contribution < 1.29 is 28.5 Å². The molecule has 0 N–H and O–H groups in total. The zero-order valence-corrected chi connectivity index (χ0v) is 19.8. The molecule has 0 aromatic carbocycles. The fourth-order valence-corrected chi connectivity index (χ4v) is 2.87. The smallest absolute Gasteiger partial charge is 0.305 e. The number of carbonyl (C=O) groups excluding carboxylic acids is 1. The molecule has 0 saturated heterocycles. The number of esters is 1. The average molecular weight is 433 g/mol. The summed E-state index contributed by atoms with van der Waals surface area (Å²) in [4.78, 5) is 11.7. The molecule has 0 rings (SSSR count). The third kappa shape index (κ3) is 25.3. The Kier molecular flexibility index (Phi) is 25.7. The van der Waals surface area contributed by atoms with Crippen LogP contribution >= 0.6 is 0 Å². The van der Waals surface area contributed by atoms with Gasteiger partial charge in [-0.05, 0) is 12.8 Å². The topological polar surface area (TPSA) is 63.2 Å². The van der Waals surface area contributed by atoms with Gasteiger partial charge in [0.05, 0.1) is 46.2 Å². The van der Waals surface area contributed by atoms with E-state index in [0.29, 0.717) is 59.3 Å². The van der Waals surface area contributed by atoms with Crippen LogP contribution in [0.3, 0.4) is 0 Å². The molecule has 0 unspecified atom stereocenters. The van der Waals surface area contributed by atoms with Gasteiger partial charge in [-0.15, -0.1) is 0 Å². The first kappa shape index (κ1) is 29.3. The maximum Gasteiger partial charge on any atom is 0.305 e. The molecule has 0 bridgehead atoms. The van der Waals surface area contributed by atoms with E-state index in [1.54, 1.807) is 0 Å². The molecule has 30 heavy (non-hydrogen) atoms. The van der Waals surface area contributed by atoms with Crippen LogP contribution in [-0.4, -0.2) is 65.4 Å². The van der Waals surface area contributed by atoms with Crippen LogP contribution in [0, 0.1) is 0 Å². The van der Waals surface area contributed by atoms with Gasteiger partial charge in [0, 0.05) is 13.0 Å². The molecule has 0 aromatic rings. The average Bonchev–Trinajstić information content (AvgIpc) is 2.75. The molecule has 6 heteroatoms. The van der Waals surface area contributed by atoms with E-state index in [4.69, 9.17) is 23.7 Å². The van der Waals surface area contributed by atoms with Gasteiger partial charge < -0.3 is 23.7 Å². The second kappa shape index (κ2) is 26.3. The molecule has 0 heterocycles. The summed E-state index contributed by atoms with van der Waals surface area (Å²) < 4.78 is 26.8. The molecule has 0 aromatic heterocycles. The Hall–Kier alpha value is -0.690. The van der Waals surface area contributed by atoms with Gasteiger partial charge in [0.15, 0.2) is 0 Å². The van der Waals surface area contributed by atoms with Crippen LogP contribution in [0.1, 0.15) is 90.9 Å². The van der Waals surface area contributed by atoms with E-state index in [0.717, 1.165) is 32.3 Å². The van der Waals surface area contributed by atoms with Gasteiger partial charge >= 0.3 is 5.97 Å². The number of hydrogen-bond acceptors (Lipinski definition) is 6. The number of hydrogen-bond donors (Lipinski definition) is 0. The van der Waals surface area contributed by atoms with Crippen LogP contribution in [0.15, 0.2) is 0 Å². The summed E-state index contributed by atoms with van der Waals surface area (Å²) in [7, 11) is 0. The highest BCUT2D eigenvalue weighted by Gasteiger charge is 2.02. The van der Waals surface area contributed by atoms with E-state index < -0.39 is 0 Å². The van der Waals surface area contributed by atoms with Crippen molar-refractivity contribution in [3.05, 3.63) is 0 Å². The summed E-state index contributed by atoms with van der Waals surface area (Å²) in [5.74, 6) is -0.117. The first-order valence-corrected chi connectivity index (χ1v) is 12.3. The van der Waals surface area contributed by atoms with Crippen LogP contribution in [0.25, 0.3) is 0 Å². The van der Waals surface area contributed by atoms with Crippen molar-refractivity contribution in [2.24, 2.45) is 0 Å². The van der Waals surface area contributed by atoms with Crippen molar-refractivity contribution in [3.8, 4) is 0 Å². The normalized spacial score (nSPS) is 11.1. The highest BCUT2D eigenvalue weighted by atomic mass is 16.6. The molecule has 0 aliphatic rings. The van der Waals surface area contributed by atoms with Gasteiger partial charge in [0.2, 0.25) is 0 Å². The summed E-state index contributed by atoms with van der Waals surface area (Å²) in [5, 5.41) is 0. The van der Waals surface area contributed by atoms with Crippen molar-refractivity contribution in [2.75, 3.05) is 59.5 Å². The Morgan fingerprint density at radius 2 is 0.867 bits per heavy atom. The molecule has 0 aliphatic heterocycles. The van der Waals surface area contributed by atoms with Crippen LogP contribution < -0.4 is 0 Å². The molecule has 0 aliphatic carbocycles. The molecule has 0 spiro atoms. The molecule has 180 valence electrons. The fourth-order valence-electron chi connectivity index (χ4n) is 2.87. The molecule has 0 fully saturated rings. The van der Waals surface area contributed by atoms with Crippen molar-refractivity contribution in [2.45, 2.75) is 90.9 Å². The van der Waals surface area contributed by atoms with Crippen molar-refractivity contribution in [1.82, 2.24) is 0 Å².